The Morgan fingerprint density at radius 1 is 1.25 bits per heavy atom. The Morgan fingerprint density at radius 2 is 2.08 bits per heavy atom. The van der Waals surface area contributed by atoms with E-state index in [1.807, 2.05) is 0 Å². The maximum absolute atomic E-state index is 5.46. The number of nitrogens with one attached hydrogen (secondary N) is 3. The van der Waals surface area contributed by atoms with Gasteiger partial charge in [-0.15, -0.1) is 0 Å². The number of fused-ring (bicyclic) bond motifs is 1. The van der Waals surface area contributed by atoms with E-state index in [0.29, 0.717) is 0 Å². The fraction of sp³-hybridized carbons (Fsp3) is 1.00. The molecule has 1 heterocycles. The number of hydrazine groups is 2. The molecule has 5 N–H and O–H groups in total. The molecular weight excluding hydrogens is 152 g/mol. The summed E-state index contributed by atoms with van der Waals surface area (Å²) in [5.74, 6) is 7.01. The smallest absolute Gasteiger partial charge is 0.0860 e. The van der Waals surface area contributed by atoms with Crippen molar-refractivity contribution in [2.75, 3.05) is 6.54 Å². The molecule has 3 atom stereocenters. The topological polar surface area (TPSA) is 62.1 Å². The Labute approximate surface area is 73.2 Å². The molecule has 3 unspecified atom stereocenters. The van der Waals surface area contributed by atoms with Crippen LogP contribution in [0.2, 0.25) is 0 Å². The Balaban J connectivity index is 1.99. The molecule has 1 saturated heterocycles. The highest BCUT2D eigenvalue weighted by atomic mass is 15.5. The van der Waals surface area contributed by atoms with Gasteiger partial charge in [0.05, 0.1) is 6.17 Å². The molecule has 0 aromatic rings. The molecular formula is C8H18N4. The van der Waals surface area contributed by atoms with Crippen LogP contribution in [0.1, 0.15) is 25.7 Å². The summed E-state index contributed by atoms with van der Waals surface area (Å²) < 4.78 is 0. The van der Waals surface area contributed by atoms with E-state index in [-0.39, 0.29) is 6.17 Å². The molecule has 1 aliphatic carbocycles. The minimum absolute atomic E-state index is 0.268. The van der Waals surface area contributed by atoms with Crippen LogP contribution in [-0.4, -0.2) is 12.7 Å². The summed E-state index contributed by atoms with van der Waals surface area (Å²) in [6.45, 7) is 1.10. The van der Waals surface area contributed by atoms with Gasteiger partial charge in [-0.2, -0.15) is 0 Å². The monoisotopic (exact) mass is 170 g/mol. The summed E-state index contributed by atoms with van der Waals surface area (Å²) in [4.78, 5) is 0. The van der Waals surface area contributed by atoms with Gasteiger partial charge in [-0.3, -0.25) is 11.3 Å². The molecule has 0 amide bonds. The second-order valence-electron chi connectivity index (χ2n) is 3.88. The number of hydrogen-bond donors (Lipinski definition) is 4. The Hall–Kier alpha value is -0.160. The third-order valence-corrected chi connectivity index (χ3v) is 3.20. The van der Waals surface area contributed by atoms with E-state index >= 15 is 0 Å². The summed E-state index contributed by atoms with van der Waals surface area (Å²) in [5, 5.41) is 0. The zero-order chi connectivity index (χ0) is 8.39. The highest BCUT2D eigenvalue weighted by molar-refractivity contribution is 4.86. The number of hydrogen-bond acceptors (Lipinski definition) is 4. The lowest BCUT2D eigenvalue weighted by Crippen LogP contribution is -2.63. The van der Waals surface area contributed by atoms with E-state index in [4.69, 9.17) is 5.84 Å². The van der Waals surface area contributed by atoms with Crippen LogP contribution in [0.5, 0.6) is 0 Å². The lowest BCUT2D eigenvalue weighted by Gasteiger charge is -2.41. The maximum atomic E-state index is 5.46. The predicted octanol–water partition coefficient (Wildman–Crippen LogP) is -0.310. The molecule has 2 aliphatic rings. The van der Waals surface area contributed by atoms with E-state index < -0.39 is 0 Å². The first-order chi connectivity index (χ1) is 5.92. The first-order valence-electron chi connectivity index (χ1n) is 4.86. The van der Waals surface area contributed by atoms with Gasteiger partial charge in [-0.25, -0.2) is 10.9 Å². The summed E-state index contributed by atoms with van der Waals surface area (Å²) in [6, 6.07) is 0. The van der Waals surface area contributed by atoms with Gasteiger partial charge in [-0.05, 0) is 24.7 Å². The average Bonchev–Trinajstić information content (AvgIpc) is 2.17. The van der Waals surface area contributed by atoms with Crippen molar-refractivity contribution in [1.29, 1.82) is 0 Å². The predicted molar refractivity (Wildman–Crippen MR) is 47.7 cm³/mol. The third-order valence-electron chi connectivity index (χ3n) is 3.20. The normalized spacial score (nSPS) is 42.2. The summed E-state index contributed by atoms with van der Waals surface area (Å²) >= 11 is 0. The van der Waals surface area contributed by atoms with E-state index in [9.17, 15) is 0 Å². The highest BCUT2D eigenvalue weighted by Crippen LogP contribution is 2.32. The second-order valence-corrected chi connectivity index (χ2v) is 3.88. The van der Waals surface area contributed by atoms with Crippen LogP contribution < -0.4 is 22.1 Å². The molecule has 4 heteroatoms. The lowest BCUT2D eigenvalue weighted by molar-refractivity contribution is 0.0990. The van der Waals surface area contributed by atoms with Crippen LogP contribution in [0.3, 0.4) is 0 Å². The SMILES string of the molecule is NNC1NNCC2CCCCC21. The van der Waals surface area contributed by atoms with Crippen molar-refractivity contribution in [3.8, 4) is 0 Å². The van der Waals surface area contributed by atoms with Gasteiger partial charge >= 0.3 is 0 Å². The second kappa shape index (κ2) is 3.70. The molecule has 2 fully saturated rings. The molecule has 0 spiro atoms. The van der Waals surface area contributed by atoms with Crippen molar-refractivity contribution in [1.82, 2.24) is 16.3 Å². The van der Waals surface area contributed by atoms with Gasteiger partial charge in [0, 0.05) is 6.54 Å². The Morgan fingerprint density at radius 3 is 2.92 bits per heavy atom. The lowest BCUT2D eigenvalue weighted by atomic mass is 9.77. The summed E-state index contributed by atoms with van der Waals surface area (Å²) in [6.07, 6.45) is 5.69. The summed E-state index contributed by atoms with van der Waals surface area (Å²) in [5.41, 5.74) is 9.20. The van der Waals surface area contributed by atoms with E-state index in [2.05, 4.69) is 16.3 Å². The molecule has 70 valence electrons. The number of nitrogens with two attached hydrogens (primary N) is 1. The van der Waals surface area contributed by atoms with Crippen LogP contribution in [0.4, 0.5) is 0 Å². The maximum Gasteiger partial charge on any atom is 0.0860 e. The van der Waals surface area contributed by atoms with Crippen molar-refractivity contribution in [3.63, 3.8) is 0 Å². The van der Waals surface area contributed by atoms with Crippen LogP contribution in [0.15, 0.2) is 0 Å². The standard InChI is InChI=1S/C8H18N4/c9-11-8-7-4-2-1-3-6(7)5-10-12-8/h6-8,10-12H,1-5,9H2. The molecule has 12 heavy (non-hydrogen) atoms. The largest absolute Gasteiger partial charge is 0.270 e. The Kier molecular flexibility index (Phi) is 2.60. The average molecular weight is 170 g/mol. The number of rotatable bonds is 1. The third kappa shape index (κ3) is 1.47. The van der Waals surface area contributed by atoms with Crippen molar-refractivity contribution < 1.29 is 0 Å². The van der Waals surface area contributed by atoms with Crippen molar-refractivity contribution in [3.05, 3.63) is 0 Å². The van der Waals surface area contributed by atoms with Gasteiger partial charge < -0.3 is 0 Å². The molecule has 1 aliphatic heterocycles. The van der Waals surface area contributed by atoms with Crippen LogP contribution in [0, 0.1) is 11.8 Å². The molecule has 0 radical (unpaired) electrons. The van der Waals surface area contributed by atoms with E-state index in [0.717, 1.165) is 18.4 Å². The molecule has 0 bridgehead atoms. The quantitative estimate of drug-likeness (QED) is 0.322. The van der Waals surface area contributed by atoms with E-state index in [1.54, 1.807) is 0 Å². The van der Waals surface area contributed by atoms with Gasteiger partial charge in [0.25, 0.3) is 0 Å². The van der Waals surface area contributed by atoms with Crippen LogP contribution in [0.25, 0.3) is 0 Å². The summed E-state index contributed by atoms with van der Waals surface area (Å²) in [7, 11) is 0. The van der Waals surface area contributed by atoms with Crippen molar-refractivity contribution in [2.45, 2.75) is 31.8 Å². The fourth-order valence-electron chi connectivity index (χ4n) is 2.50. The van der Waals surface area contributed by atoms with Crippen molar-refractivity contribution in [2.24, 2.45) is 17.7 Å². The Bertz CT molecular complexity index is 141. The molecule has 2 rings (SSSR count). The minimum Gasteiger partial charge on any atom is -0.270 e. The highest BCUT2D eigenvalue weighted by Gasteiger charge is 2.33. The van der Waals surface area contributed by atoms with Gasteiger partial charge in [0.2, 0.25) is 0 Å². The molecule has 4 nitrogen and oxygen atoms in total. The van der Waals surface area contributed by atoms with Gasteiger partial charge in [-0.1, -0.05) is 12.8 Å². The zero-order valence-corrected chi connectivity index (χ0v) is 7.34. The first kappa shape index (κ1) is 8.44. The van der Waals surface area contributed by atoms with Crippen LogP contribution >= 0.6 is 0 Å². The van der Waals surface area contributed by atoms with Crippen LogP contribution in [-0.2, 0) is 0 Å². The van der Waals surface area contributed by atoms with E-state index in [1.165, 1.54) is 25.7 Å². The van der Waals surface area contributed by atoms with Gasteiger partial charge in [0.1, 0.15) is 0 Å². The fourth-order valence-corrected chi connectivity index (χ4v) is 2.50. The molecule has 1 saturated carbocycles. The van der Waals surface area contributed by atoms with Gasteiger partial charge in [0.15, 0.2) is 0 Å². The minimum atomic E-state index is 0.268. The molecule has 0 aromatic carbocycles. The zero-order valence-electron chi connectivity index (χ0n) is 7.34. The first-order valence-corrected chi connectivity index (χ1v) is 4.86. The van der Waals surface area contributed by atoms with Crippen molar-refractivity contribution >= 4 is 0 Å². The molecule has 0 aromatic heterocycles.